The predicted molar refractivity (Wildman–Crippen MR) is 184 cm³/mol. The van der Waals surface area contributed by atoms with Crippen LogP contribution in [0.4, 0.5) is 21.9 Å². The summed E-state index contributed by atoms with van der Waals surface area (Å²) in [6.45, 7) is -0.351. The van der Waals surface area contributed by atoms with E-state index < -0.39 is 26.7 Å². The average molecular weight is 695 g/mol. The Bertz CT molecular complexity index is 1860. The molecule has 0 radical (unpaired) electrons. The topological polar surface area (TPSA) is 150 Å². The smallest absolute Gasteiger partial charge is 0.328 e. The van der Waals surface area contributed by atoms with E-state index >= 15 is 0 Å². The number of methoxy groups -OCH3 is 5. The minimum Gasteiger partial charge on any atom is -0.497 e. The van der Waals surface area contributed by atoms with Gasteiger partial charge in [-0.25, -0.2) is 13.2 Å². The minimum atomic E-state index is -4.43. The number of ether oxygens (including phenoxy) is 5. The van der Waals surface area contributed by atoms with Gasteiger partial charge in [-0.1, -0.05) is 12.1 Å². The zero-order chi connectivity index (χ0) is 35.9. The lowest BCUT2D eigenvalue weighted by Gasteiger charge is -2.26. The molecule has 0 aliphatic carbocycles. The van der Waals surface area contributed by atoms with Gasteiger partial charge in [0, 0.05) is 62.2 Å². The zero-order valence-electron chi connectivity index (χ0n) is 28.2. The van der Waals surface area contributed by atoms with E-state index in [1.807, 2.05) is 0 Å². The highest BCUT2D eigenvalue weighted by atomic mass is 32.2. The van der Waals surface area contributed by atoms with Crippen molar-refractivity contribution in [3.8, 4) is 28.7 Å². The molecule has 49 heavy (non-hydrogen) atoms. The third kappa shape index (κ3) is 7.96. The molecule has 0 heterocycles. The molecule has 0 saturated heterocycles. The van der Waals surface area contributed by atoms with Crippen molar-refractivity contribution in [3.05, 3.63) is 100 Å². The molecule has 0 spiro atoms. The summed E-state index contributed by atoms with van der Waals surface area (Å²) in [5.41, 5.74) is 0.853. The third-order valence-electron chi connectivity index (χ3n) is 7.86. The first kappa shape index (κ1) is 36.3. The van der Waals surface area contributed by atoms with Gasteiger partial charge in [-0.2, -0.15) is 4.31 Å². The summed E-state index contributed by atoms with van der Waals surface area (Å²) < 4.78 is 56.8. The van der Waals surface area contributed by atoms with E-state index in [4.69, 9.17) is 23.7 Å². The molecule has 0 aliphatic rings. The molecule has 2 amide bonds. The van der Waals surface area contributed by atoms with Gasteiger partial charge in [-0.15, -0.1) is 0 Å². The number of nitrogens with zero attached hydrogens (tertiary/aromatic N) is 4. The fourth-order valence-corrected chi connectivity index (χ4v) is 6.47. The molecule has 4 rings (SSSR count). The zero-order valence-corrected chi connectivity index (χ0v) is 29.0. The molecule has 0 saturated carbocycles. The second kappa shape index (κ2) is 15.6. The molecule has 0 aromatic heterocycles. The fourth-order valence-electron chi connectivity index (χ4n) is 5.06. The molecule has 4 aromatic carbocycles. The summed E-state index contributed by atoms with van der Waals surface area (Å²) in [7, 11) is 5.88. The van der Waals surface area contributed by atoms with Crippen molar-refractivity contribution in [1.82, 2.24) is 4.31 Å². The van der Waals surface area contributed by atoms with Crippen molar-refractivity contribution >= 4 is 33.1 Å². The van der Waals surface area contributed by atoms with Gasteiger partial charge in [0.15, 0.2) is 0 Å². The Labute approximate surface area is 285 Å². The molecule has 260 valence electrons. The van der Waals surface area contributed by atoms with Crippen LogP contribution in [0.2, 0.25) is 0 Å². The van der Waals surface area contributed by atoms with Gasteiger partial charge >= 0.3 is 6.03 Å². The molecule has 0 fully saturated rings. The maximum Gasteiger partial charge on any atom is 0.328 e. The van der Waals surface area contributed by atoms with Crippen LogP contribution >= 0.6 is 0 Å². The Kier molecular flexibility index (Phi) is 11.5. The third-order valence-corrected chi connectivity index (χ3v) is 9.65. The number of hydrogen-bond acceptors (Lipinski definition) is 10. The second-order valence-corrected chi connectivity index (χ2v) is 12.6. The van der Waals surface area contributed by atoms with Crippen LogP contribution in [-0.4, -0.2) is 73.3 Å². The summed E-state index contributed by atoms with van der Waals surface area (Å²) in [6.07, 6.45) is 0. The first-order valence-electron chi connectivity index (χ1n) is 14.7. The molecule has 0 aliphatic heterocycles. The van der Waals surface area contributed by atoms with Crippen LogP contribution in [0.15, 0.2) is 83.8 Å². The Morgan fingerprint density at radius 1 is 0.673 bits per heavy atom. The van der Waals surface area contributed by atoms with E-state index in [1.165, 1.54) is 66.7 Å². The van der Waals surface area contributed by atoms with Crippen LogP contribution in [0, 0.1) is 10.1 Å². The average Bonchev–Trinajstić information content (AvgIpc) is 3.13. The summed E-state index contributed by atoms with van der Waals surface area (Å²) in [6, 6.07) is 19.5. The highest BCUT2D eigenvalue weighted by Gasteiger charge is 2.32. The number of urea groups is 1. The molecular weight excluding hydrogens is 656 g/mol. The summed E-state index contributed by atoms with van der Waals surface area (Å²) in [5, 5.41) is 12.4. The van der Waals surface area contributed by atoms with Gasteiger partial charge in [0.2, 0.25) is 10.0 Å². The number of amides is 2. The number of anilines is 2. The van der Waals surface area contributed by atoms with E-state index in [9.17, 15) is 23.3 Å². The maximum atomic E-state index is 14.4. The van der Waals surface area contributed by atoms with Crippen molar-refractivity contribution in [2.24, 2.45) is 0 Å². The van der Waals surface area contributed by atoms with Gasteiger partial charge in [-0.3, -0.25) is 19.9 Å². The van der Waals surface area contributed by atoms with E-state index in [1.54, 1.807) is 60.7 Å². The van der Waals surface area contributed by atoms with Crippen LogP contribution in [0.3, 0.4) is 0 Å². The quantitative estimate of drug-likeness (QED) is 0.118. The van der Waals surface area contributed by atoms with Crippen LogP contribution in [0.5, 0.6) is 28.7 Å². The number of benzene rings is 4. The van der Waals surface area contributed by atoms with E-state index in [0.29, 0.717) is 45.6 Å². The highest BCUT2D eigenvalue weighted by molar-refractivity contribution is 7.89. The lowest BCUT2D eigenvalue weighted by molar-refractivity contribution is -0.384. The summed E-state index contributed by atoms with van der Waals surface area (Å²) in [4.78, 5) is 27.1. The monoisotopic (exact) mass is 694 g/mol. The van der Waals surface area contributed by atoms with Crippen molar-refractivity contribution in [1.29, 1.82) is 0 Å². The van der Waals surface area contributed by atoms with Crippen molar-refractivity contribution in [2.45, 2.75) is 18.0 Å². The number of nitro benzene ring substituents is 1. The first-order chi connectivity index (χ1) is 23.4. The summed E-state index contributed by atoms with van der Waals surface area (Å²) in [5.74, 6) is 2.37. The van der Waals surface area contributed by atoms with Gasteiger partial charge in [0.25, 0.3) is 5.69 Å². The largest absolute Gasteiger partial charge is 0.497 e. The van der Waals surface area contributed by atoms with Crippen molar-refractivity contribution in [2.75, 3.05) is 59.4 Å². The molecular formula is C34H38N4O10S. The van der Waals surface area contributed by atoms with Crippen LogP contribution in [0.1, 0.15) is 11.1 Å². The molecule has 0 unspecified atom stereocenters. The molecule has 0 atom stereocenters. The standard InChI is InChI=1S/C34H38N4O10S/c1-35(25-10-14-26(44-3)15-11-25)34(39)36(2)30-17-16-29(20-31(30)38(40)41)49(42,43)37(21-23-8-12-27(45-4)18-32(23)47-6)22-24-9-13-28(46-5)19-33(24)48-7/h8-20H,21-22H2,1-7H3. The Morgan fingerprint density at radius 3 is 1.61 bits per heavy atom. The first-order valence-corrected chi connectivity index (χ1v) is 16.2. The fraction of sp³-hybridized carbons (Fsp3) is 0.265. The van der Waals surface area contributed by atoms with Crippen LogP contribution < -0.4 is 33.5 Å². The molecule has 14 nitrogen and oxygen atoms in total. The molecule has 0 N–H and O–H groups in total. The molecule has 15 heteroatoms. The van der Waals surface area contributed by atoms with Gasteiger partial charge in [-0.05, 0) is 48.5 Å². The van der Waals surface area contributed by atoms with E-state index in [-0.39, 0.29) is 23.7 Å². The Morgan fingerprint density at radius 2 is 1.16 bits per heavy atom. The Hall–Kier alpha value is -5.54. The maximum absolute atomic E-state index is 14.4. The van der Waals surface area contributed by atoms with Crippen LogP contribution in [-0.2, 0) is 23.1 Å². The number of carbonyl (C=O) groups excluding carboxylic acids is 1. The number of nitro groups is 1. The normalized spacial score (nSPS) is 11.1. The second-order valence-electron chi connectivity index (χ2n) is 10.6. The predicted octanol–water partition coefficient (Wildman–Crippen LogP) is 5.72. The van der Waals surface area contributed by atoms with Crippen LogP contribution in [0.25, 0.3) is 0 Å². The highest BCUT2D eigenvalue weighted by Crippen LogP contribution is 2.35. The van der Waals surface area contributed by atoms with Crippen molar-refractivity contribution < 1.29 is 41.8 Å². The Balaban J connectivity index is 1.76. The van der Waals surface area contributed by atoms with E-state index in [2.05, 4.69) is 0 Å². The molecule has 4 aromatic rings. The minimum absolute atomic E-state index is 0.102. The number of hydrogen-bond donors (Lipinski definition) is 0. The number of carbonyl (C=O) groups is 1. The molecule has 0 bridgehead atoms. The number of rotatable bonds is 14. The number of sulfonamides is 1. The SMILES string of the molecule is COc1ccc(N(C)C(=O)N(C)c2ccc(S(=O)(=O)N(Cc3ccc(OC)cc3OC)Cc3ccc(OC)cc3OC)cc2[N+](=O)[O-])cc1. The van der Waals surface area contributed by atoms with Crippen molar-refractivity contribution in [3.63, 3.8) is 0 Å². The lowest BCUT2D eigenvalue weighted by Crippen LogP contribution is -2.39. The lowest BCUT2D eigenvalue weighted by atomic mass is 10.1. The van der Waals surface area contributed by atoms with E-state index in [0.717, 1.165) is 15.3 Å². The summed E-state index contributed by atoms with van der Waals surface area (Å²) >= 11 is 0. The van der Waals surface area contributed by atoms with Gasteiger partial charge in [0.1, 0.15) is 34.4 Å². The van der Waals surface area contributed by atoms with Gasteiger partial charge in [0.05, 0.1) is 45.4 Å². The van der Waals surface area contributed by atoms with Gasteiger partial charge < -0.3 is 23.7 Å².